The van der Waals surface area contributed by atoms with Crippen LogP contribution in [-0.2, 0) is 9.47 Å². The van der Waals surface area contributed by atoms with E-state index < -0.39 is 5.97 Å². The molecule has 39 heavy (non-hydrogen) atoms. The molecular weight excluding hydrogens is 538 g/mol. The Morgan fingerprint density at radius 3 is 2.69 bits per heavy atom. The zero-order valence-corrected chi connectivity index (χ0v) is 22.9. The van der Waals surface area contributed by atoms with Crippen molar-refractivity contribution < 1.29 is 23.4 Å². The van der Waals surface area contributed by atoms with Gasteiger partial charge in [-0.25, -0.2) is 4.79 Å². The fourth-order valence-electron chi connectivity index (χ4n) is 4.50. The molecule has 2 aromatic carbocycles. The zero-order chi connectivity index (χ0) is 27.4. The molecule has 5 rings (SSSR count). The quantitative estimate of drug-likeness (QED) is 0.150. The number of benzene rings is 2. The number of methoxy groups -OCH3 is 2. The summed E-state index contributed by atoms with van der Waals surface area (Å²) in [5.74, 6) is 1.40. The lowest BCUT2D eigenvalue weighted by Gasteiger charge is -2.26. The number of esters is 1. The van der Waals surface area contributed by atoms with Crippen LogP contribution in [0.5, 0.6) is 5.75 Å². The van der Waals surface area contributed by atoms with Gasteiger partial charge in [-0.1, -0.05) is 29.8 Å². The molecule has 8 nitrogen and oxygen atoms in total. The van der Waals surface area contributed by atoms with Crippen molar-refractivity contribution >= 4 is 40.6 Å². The summed E-state index contributed by atoms with van der Waals surface area (Å²) < 4.78 is 22.0. The van der Waals surface area contributed by atoms with Gasteiger partial charge >= 0.3 is 5.97 Å². The average molecular weight is 564 g/mol. The zero-order valence-electron chi connectivity index (χ0n) is 21.3. The van der Waals surface area contributed by atoms with Crippen LogP contribution in [0.15, 0.2) is 83.4 Å². The summed E-state index contributed by atoms with van der Waals surface area (Å²) in [6, 6.07) is 21.5. The number of anilines is 1. The molecule has 0 unspecified atom stereocenters. The highest BCUT2D eigenvalue weighted by atomic mass is 35.5. The maximum atomic E-state index is 12.1. The first-order valence-corrected chi connectivity index (χ1v) is 13.0. The Morgan fingerprint density at radius 1 is 1.08 bits per heavy atom. The van der Waals surface area contributed by atoms with Gasteiger partial charge in [0.05, 0.1) is 36.0 Å². The number of aromatic nitrogens is 1. The SMILES string of the molecule is COCCOc1ccc(N2C(=S)N[C@@H](c3ccccn3)[C@@H]2c2ccc(-c3cccc(C(=O)OC)c3)o2)cc1Cl. The molecule has 1 saturated heterocycles. The minimum atomic E-state index is -0.415. The fourth-order valence-corrected chi connectivity index (χ4v) is 5.07. The van der Waals surface area contributed by atoms with Crippen molar-refractivity contribution in [3.63, 3.8) is 0 Å². The molecule has 1 fully saturated rings. The Hall–Kier alpha value is -3.92. The second kappa shape index (κ2) is 11.9. The van der Waals surface area contributed by atoms with Crippen molar-refractivity contribution in [2.75, 3.05) is 32.3 Å². The number of carbonyl (C=O) groups excluding carboxylic acids is 1. The van der Waals surface area contributed by atoms with Crippen LogP contribution >= 0.6 is 23.8 Å². The molecule has 0 radical (unpaired) electrons. The Labute approximate surface area is 236 Å². The summed E-state index contributed by atoms with van der Waals surface area (Å²) in [4.78, 5) is 18.6. The number of carbonyl (C=O) groups is 1. The highest BCUT2D eigenvalue weighted by Crippen LogP contribution is 2.44. The number of ether oxygens (including phenoxy) is 3. The van der Waals surface area contributed by atoms with E-state index in [-0.39, 0.29) is 12.1 Å². The van der Waals surface area contributed by atoms with Gasteiger partial charge < -0.3 is 28.8 Å². The number of rotatable bonds is 9. The first kappa shape index (κ1) is 26.7. The molecule has 10 heteroatoms. The van der Waals surface area contributed by atoms with Crippen molar-refractivity contribution in [2.24, 2.45) is 0 Å². The molecule has 1 aliphatic rings. The van der Waals surface area contributed by atoms with Gasteiger partial charge in [0.2, 0.25) is 0 Å². The van der Waals surface area contributed by atoms with E-state index in [0.29, 0.717) is 46.2 Å². The minimum Gasteiger partial charge on any atom is -0.490 e. The Morgan fingerprint density at radius 2 is 1.95 bits per heavy atom. The molecule has 2 atom stereocenters. The van der Waals surface area contributed by atoms with Crippen molar-refractivity contribution in [3.8, 4) is 17.1 Å². The fraction of sp³-hybridized carbons (Fsp3) is 0.207. The second-order valence-electron chi connectivity index (χ2n) is 8.73. The summed E-state index contributed by atoms with van der Waals surface area (Å²) >= 11 is 12.4. The van der Waals surface area contributed by atoms with Gasteiger partial charge in [0.25, 0.3) is 0 Å². The summed E-state index contributed by atoms with van der Waals surface area (Å²) in [6.45, 7) is 0.839. The van der Waals surface area contributed by atoms with E-state index in [2.05, 4.69) is 10.3 Å². The van der Waals surface area contributed by atoms with Crippen LogP contribution in [0, 0.1) is 0 Å². The van der Waals surface area contributed by atoms with Crippen molar-refractivity contribution in [2.45, 2.75) is 12.1 Å². The van der Waals surface area contributed by atoms with Gasteiger partial charge in [0, 0.05) is 24.6 Å². The largest absolute Gasteiger partial charge is 0.490 e. The maximum Gasteiger partial charge on any atom is 0.337 e. The smallest absolute Gasteiger partial charge is 0.337 e. The molecule has 0 bridgehead atoms. The lowest BCUT2D eigenvalue weighted by atomic mass is 10.0. The Balaban J connectivity index is 1.53. The van der Waals surface area contributed by atoms with Gasteiger partial charge in [-0.15, -0.1) is 0 Å². The van der Waals surface area contributed by atoms with Crippen LogP contribution in [-0.4, -0.2) is 43.5 Å². The Bertz CT molecular complexity index is 1480. The number of hydrogen-bond donors (Lipinski definition) is 1. The predicted octanol–water partition coefficient (Wildman–Crippen LogP) is 5.98. The molecule has 0 saturated carbocycles. The summed E-state index contributed by atoms with van der Waals surface area (Å²) in [5, 5.41) is 4.36. The molecular formula is C29H26ClN3O5S. The van der Waals surface area contributed by atoms with Gasteiger partial charge in [-0.3, -0.25) is 4.98 Å². The van der Waals surface area contributed by atoms with E-state index in [1.54, 1.807) is 31.5 Å². The predicted molar refractivity (Wildman–Crippen MR) is 152 cm³/mol. The molecule has 0 aliphatic carbocycles. The van der Waals surface area contributed by atoms with E-state index in [0.717, 1.165) is 16.9 Å². The van der Waals surface area contributed by atoms with Crippen LogP contribution in [0.3, 0.4) is 0 Å². The summed E-state index contributed by atoms with van der Waals surface area (Å²) in [6.07, 6.45) is 1.74. The van der Waals surface area contributed by atoms with E-state index in [4.69, 9.17) is 42.4 Å². The standard InChI is InChI=1S/C29H26ClN3O5S/c1-35-14-15-37-24-10-9-20(17-21(24)30)33-27(26(32-29(33)39)22-8-3-4-13-31-22)25-12-11-23(38-25)18-6-5-7-19(16-18)28(34)36-2/h3-13,16-17,26-27H,14-15H2,1-2H3,(H,32,39)/t26-,27-/m0/s1. The number of nitrogens with one attached hydrogen (secondary N) is 1. The first-order valence-electron chi connectivity index (χ1n) is 12.2. The van der Waals surface area contributed by atoms with Crippen LogP contribution in [0.2, 0.25) is 5.02 Å². The highest BCUT2D eigenvalue weighted by molar-refractivity contribution is 7.80. The minimum absolute atomic E-state index is 0.296. The van der Waals surface area contributed by atoms with Crippen LogP contribution in [0.1, 0.15) is 33.9 Å². The molecule has 1 aliphatic heterocycles. The molecule has 3 heterocycles. The number of furan rings is 1. The number of thiocarbonyl (C=S) groups is 1. The molecule has 4 aromatic rings. The molecule has 2 aromatic heterocycles. The second-order valence-corrected chi connectivity index (χ2v) is 9.52. The lowest BCUT2D eigenvalue weighted by Crippen LogP contribution is -2.29. The summed E-state index contributed by atoms with van der Waals surface area (Å²) in [7, 11) is 2.97. The maximum absolute atomic E-state index is 12.1. The number of pyridine rings is 1. The van der Waals surface area contributed by atoms with Crippen molar-refractivity contribution in [1.82, 2.24) is 10.3 Å². The van der Waals surface area contributed by atoms with E-state index in [1.807, 2.05) is 59.5 Å². The average Bonchev–Trinajstić information content (AvgIpc) is 3.59. The normalized spacial score (nSPS) is 16.7. The Kier molecular flexibility index (Phi) is 8.11. The molecule has 200 valence electrons. The number of halogens is 1. The van der Waals surface area contributed by atoms with Gasteiger partial charge in [-0.05, 0) is 66.8 Å². The number of hydrogen-bond acceptors (Lipinski definition) is 7. The first-order chi connectivity index (χ1) is 19.0. The van der Waals surface area contributed by atoms with E-state index >= 15 is 0 Å². The van der Waals surface area contributed by atoms with Gasteiger partial charge in [0.1, 0.15) is 29.9 Å². The van der Waals surface area contributed by atoms with Crippen LogP contribution < -0.4 is 15.0 Å². The topological polar surface area (TPSA) is 86.1 Å². The van der Waals surface area contributed by atoms with Gasteiger partial charge in [-0.2, -0.15) is 0 Å². The van der Waals surface area contributed by atoms with E-state index in [1.165, 1.54) is 7.11 Å². The molecule has 1 N–H and O–H groups in total. The lowest BCUT2D eigenvalue weighted by molar-refractivity contribution is 0.0601. The molecule has 0 amide bonds. The van der Waals surface area contributed by atoms with E-state index in [9.17, 15) is 4.79 Å². The number of nitrogens with zero attached hydrogens (tertiary/aromatic N) is 2. The third-order valence-corrected chi connectivity index (χ3v) is 6.93. The van der Waals surface area contributed by atoms with Gasteiger partial charge in [0.15, 0.2) is 5.11 Å². The molecule has 0 spiro atoms. The summed E-state index contributed by atoms with van der Waals surface area (Å²) in [5.41, 5.74) is 2.76. The highest BCUT2D eigenvalue weighted by Gasteiger charge is 2.42. The third kappa shape index (κ3) is 5.61. The van der Waals surface area contributed by atoms with Crippen molar-refractivity contribution in [3.05, 3.63) is 101 Å². The monoisotopic (exact) mass is 563 g/mol. The van der Waals surface area contributed by atoms with Crippen LogP contribution in [0.25, 0.3) is 11.3 Å². The third-order valence-electron chi connectivity index (χ3n) is 6.32. The van der Waals surface area contributed by atoms with Crippen molar-refractivity contribution in [1.29, 1.82) is 0 Å². The van der Waals surface area contributed by atoms with Crippen LogP contribution in [0.4, 0.5) is 5.69 Å².